The van der Waals surface area contributed by atoms with E-state index in [0.717, 1.165) is 39.8 Å². The first-order valence-electron chi connectivity index (χ1n) is 12.7. The molecule has 5 aromatic rings. The maximum absolute atomic E-state index is 14.3. The van der Waals surface area contributed by atoms with E-state index in [-0.39, 0.29) is 11.8 Å². The summed E-state index contributed by atoms with van der Waals surface area (Å²) in [5, 5.41) is 7.80. The van der Waals surface area contributed by atoms with Crippen molar-refractivity contribution in [3.63, 3.8) is 0 Å². The van der Waals surface area contributed by atoms with Crippen LogP contribution in [0.3, 0.4) is 0 Å². The van der Waals surface area contributed by atoms with Gasteiger partial charge in [0.15, 0.2) is 0 Å². The van der Waals surface area contributed by atoms with Gasteiger partial charge in [-0.25, -0.2) is 13.9 Å². The zero-order chi connectivity index (χ0) is 27.1. The molecule has 0 bridgehead atoms. The topological polar surface area (TPSA) is 64.3 Å². The Balaban J connectivity index is 1.52. The molecule has 0 fully saturated rings. The Bertz CT molecular complexity index is 1660. The third-order valence-corrected chi connectivity index (χ3v) is 7.20. The first kappa shape index (κ1) is 24.5. The Morgan fingerprint density at radius 1 is 1.00 bits per heavy atom. The van der Waals surface area contributed by atoms with E-state index in [4.69, 9.17) is 9.84 Å². The van der Waals surface area contributed by atoms with Crippen molar-refractivity contribution in [2.45, 2.75) is 26.4 Å². The van der Waals surface area contributed by atoms with Gasteiger partial charge in [0, 0.05) is 17.4 Å². The number of aromatic nitrogens is 3. The Hall–Kier alpha value is -4.85. The summed E-state index contributed by atoms with van der Waals surface area (Å²) in [5.74, 6) is 1.24. The number of benzene rings is 3. The fourth-order valence-corrected chi connectivity index (χ4v) is 5.15. The molecule has 1 aliphatic rings. The maximum Gasteiger partial charge on any atom is 0.322 e. The summed E-state index contributed by atoms with van der Waals surface area (Å²) in [7, 11) is 1.63. The summed E-state index contributed by atoms with van der Waals surface area (Å²) >= 11 is 0. The van der Waals surface area contributed by atoms with Crippen molar-refractivity contribution in [1.29, 1.82) is 0 Å². The lowest BCUT2D eigenvalue weighted by Gasteiger charge is -2.31. The molecule has 39 heavy (non-hydrogen) atoms. The van der Waals surface area contributed by atoms with Crippen LogP contribution in [-0.4, -0.2) is 32.4 Å². The van der Waals surface area contributed by atoms with E-state index in [1.807, 2.05) is 84.5 Å². The van der Waals surface area contributed by atoms with Crippen LogP contribution in [0.1, 0.15) is 34.1 Å². The Labute approximate surface area is 226 Å². The summed E-state index contributed by atoms with van der Waals surface area (Å²) < 4.78 is 23.7. The molecule has 0 saturated heterocycles. The van der Waals surface area contributed by atoms with Gasteiger partial charge in [-0.1, -0.05) is 36.4 Å². The van der Waals surface area contributed by atoms with Crippen LogP contribution in [0.25, 0.3) is 11.5 Å². The Kier molecular flexibility index (Phi) is 6.15. The van der Waals surface area contributed by atoms with E-state index < -0.39 is 6.04 Å². The number of hydrogen-bond donors (Lipinski definition) is 1. The van der Waals surface area contributed by atoms with Crippen molar-refractivity contribution in [2.24, 2.45) is 0 Å². The fourth-order valence-electron chi connectivity index (χ4n) is 5.15. The molecule has 0 radical (unpaired) electrons. The van der Waals surface area contributed by atoms with Gasteiger partial charge >= 0.3 is 6.03 Å². The van der Waals surface area contributed by atoms with Gasteiger partial charge in [0.2, 0.25) is 0 Å². The van der Waals surface area contributed by atoms with Crippen LogP contribution < -0.4 is 10.1 Å². The van der Waals surface area contributed by atoms with Crippen molar-refractivity contribution >= 4 is 11.7 Å². The molecule has 0 aliphatic carbocycles. The number of amides is 2. The average molecular weight is 522 g/mol. The van der Waals surface area contributed by atoms with Gasteiger partial charge in [-0.3, -0.25) is 0 Å². The van der Waals surface area contributed by atoms with Crippen LogP contribution in [0.4, 0.5) is 14.9 Å². The summed E-state index contributed by atoms with van der Waals surface area (Å²) in [6, 6.07) is 25.6. The van der Waals surface area contributed by atoms with Crippen LogP contribution in [0.2, 0.25) is 0 Å². The number of fused-ring (bicyclic) bond motifs is 3. The van der Waals surface area contributed by atoms with Crippen molar-refractivity contribution in [1.82, 2.24) is 19.2 Å². The fraction of sp³-hybridized carbons (Fsp3) is 0.161. The normalized spacial score (nSPS) is 14.4. The van der Waals surface area contributed by atoms with Gasteiger partial charge < -0.3 is 19.5 Å². The van der Waals surface area contributed by atoms with Crippen LogP contribution in [-0.2, 0) is 6.54 Å². The predicted molar refractivity (Wildman–Crippen MR) is 148 cm³/mol. The minimum atomic E-state index is -0.433. The number of carbonyl (C=O) groups excluding carboxylic acids is 1. The molecule has 1 aliphatic heterocycles. The number of para-hydroxylation sites is 1. The van der Waals surface area contributed by atoms with Crippen molar-refractivity contribution in [2.75, 3.05) is 12.4 Å². The van der Waals surface area contributed by atoms with Crippen LogP contribution in [0, 0.1) is 19.7 Å². The van der Waals surface area contributed by atoms with E-state index in [1.54, 1.807) is 31.1 Å². The molecular weight excluding hydrogens is 493 g/mol. The molecule has 3 heterocycles. The van der Waals surface area contributed by atoms with E-state index in [2.05, 4.69) is 9.88 Å². The molecule has 8 heteroatoms. The first-order chi connectivity index (χ1) is 18.9. The van der Waals surface area contributed by atoms with E-state index in [1.165, 1.54) is 6.07 Å². The minimum absolute atomic E-state index is 0.298. The second kappa shape index (κ2) is 9.79. The Morgan fingerprint density at radius 3 is 2.49 bits per heavy atom. The van der Waals surface area contributed by atoms with Crippen LogP contribution in [0.15, 0.2) is 91.1 Å². The quantitative estimate of drug-likeness (QED) is 0.291. The highest BCUT2D eigenvalue weighted by molar-refractivity contribution is 5.90. The monoisotopic (exact) mass is 521 g/mol. The second-order valence-corrected chi connectivity index (χ2v) is 9.64. The summed E-state index contributed by atoms with van der Waals surface area (Å²) in [6.45, 7) is 3.95. The molecule has 1 atom stereocenters. The molecule has 1 N–H and O–H groups in total. The Morgan fingerprint density at radius 2 is 1.77 bits per heavy atom. The molecule has 2 aromatic heterocycles. The third-order valence-electron chi connectivity index (χ3n) is 7.20. The number of nitrogens with zero attached hydrogens (tertiary/aromatic N) is 4. The lowest BCUT2D eigenvalue weighted by Crippen LogP contribution is -2.38. The summed E-state index contributed by atoms with van der Waals surface area (Å²) in [5.41, 5.74) is 5.42. The highest BCUT2D eigenvalue weighted by atomic mass is 19.1. The number of carbonyl (C=O) groups is 1. The highest BCUT2D eigenvalue weighted by Gasteiger charge is 2.36. The average Bonchev–Trinajstić information content (AvgIpc) is 3.51. The number of rotatable bonds is 4. The SMILES string of the molecule is COc1ccc(C2c3cccn3-c3c(c(C)nn3-c3ccccc3)CN2C(=O)Nc2ccc(C)c(F)c2)cc1. The summed E-state index contributed by atoms with van der Waals surface area (Å²) in [4.78, 5) is 15.8. The number of nitrogens with one attached hydrogen (secondary N) is 1. The number of urea groups is 1. The molecule has 7 nitrogen and oxygen atoms in total. The molecule has 2 amide bonds. The third kappa shape index (κ3) is 4.33. The van der Waals surface area contributed by atoms with Gasteiger partial charge in [-0.15, -0.1) is 0 Å². The van der Waals surface area contributed by atoms with Crippen LogP contribution >= 0.6 is 0 Å². The van der Waals surface area contributed by atoms with Crippen molar-refractivity contribution in [3.05, 3.63) is 125 Å². The van der Waals surface area contributed by atoms with Gasteiger partial charge in [-0.2, -0.15) is 5.10 Å². The van der Waals surface area contributed by atoms with E-state index >= 15 is 0 Å². The number of halogens is 1. The molecule has 196 valence electrons. The lowest BCUT2D eigenvalue weighted by atomic mass is 10.0. The van der Waals surface area contributed by atoms with E-state index in [9.17, 15) is 9.18 Å². The van der Waals surface area contributed by atoms with Gasteiger partial charge in [0.05, 0.1) is 36.8 Å². The molecule has 6 rings (SSSR count). The van der Waals surface area contributed by atoms with Gasteiger partial charge in [-0.05, 0) is 73.5 Å². The van der Waals surface area contributed by atoms with Crippen molar-refractivity contribution in [3.8, 4) is 17.3 Å². The van der Waals surface area contributed by atoms with Crippen molar-refractivity contribution < 1.29 is 13.9 Å². The smallest absolute Gasteiger partial charge is 0.322 e. The maximum atomic E-state index is 14.3. The first-order valence-corrected chi connectivity index (χ1v) is 12.7. The number of hydrogen-bond acceptors (Lipinski definition) is 3. The standard InChI is InChI=1S/C31H28FN5O2/c1-20-11-14-23(18-27(20)32)33-31(38)36-19-26-21(2)34-37(24-8-5-4-6-9-24)30(26)35-17-7-10-28(35)29(36)22-12-15-25(39-3)16-13-22/h4-18,29H,19H2,1-3H3,(H,33,38). The van der Waals surface area contributed by atoms with Gasteiger partial charge in [0.25, 0.3) is 0 Å². The van der Waals surface area contributed by atoms with E-state index in [0.29, 0.717) is 17.8 Å². The number of methoxy groups -OCH3 is 1. The molecule has 3 aromatic carbocycles. The molecule has 0 spiro atoms. The summed E-state index contributed by atoms with van der Waals surface area (Å²) in [6.07, 6.45) is 2.00. The zero-order valence-electron chi connectivity index (χ0n) is 21.9. The minimum Gasteiger partial charge on any atom is -0.497 e. The zero-order valence-corrected chi connectivity index (χ0v) is 21.9. The largest absolute Gasteiger partial charge is 0.497 e. The predicted octanol–water partition coefficient (Wildman–Crippen LogP) is 6.56. The molecule has 1 unspecified atom stereocenters. The highest BCUT2D eigenvalue weighted by Crippen LogP contribution is 2.39. The number of ether oxygens (including phenoxy) is 1. The van der Waals surface area contributed by atoms with Crippen LogP contribution in [0.5, 0.6) is 5.75 Å². The number of anilines is 1. The molecule has 0 saturated carbocycles. The number of aryl methyl sites for hydroxylation is 2. The second-order valence-electron chi connectivity index (χ2n) is 9.64. The van der Waals surface area contributed by atoms with Gasteiger partial charge in [0.1, 0.15) is 17.4 Å². The molecular formula is C31H28FN5O2. The lowest BCUT2D eigenvalue weighted by molar-refractivity contribution is 0.194.